The van der Waals surface area contributed by atoms with Crippen LogP contribution in [0.2, 0.25) is 0 Å². The molecular weight excluding hydrogens is 182 g/mol. The third-order valence-electron chi connectivity index (χ3n) is 1.11. The molecular formula is C5H7F4NO2. The Morgan fingerprint density at radius 1 is 1.42 bits per heavy atom. The molecule has 0 unspecified atom stereocenters. The van der Waals surface area contributed by atoms with Crippen molar-refractivity contribution >= 4 is 5.97 Å². The summed E-state index contributed by atoms with van der Waals surface area (Å²) >= 11 is 0. The van der Waals surface area contributed by atoms with Crippen molar-refractivity contribution < 1.29 is 27.5 Å². The molecule has 0 amide bonds. The van der Waals surface area contributed by atoms with Gasteiger partial charge in [-0.15, -0.1) is 0 Å². The summed E-state index contributed by atoms with van der Waals surface area (Å²) in [6.07, 6.45) is -5.45. The van der Waals surface area contributed by atoms with E-state index in [9.17, 15) is 22.4 Å². The number of alkyl halides is 4. The Hall–Kier alpha value is -0.850. The van der Waals surface area contributed by atoms with E-state index in [1.165, 1.54) is 12.2 Å². The first-order valence-corrected chi connectivity index (χ1v) is 2.99. The summed E-state index contributed by atoms with van der Waals surface area (Å²) in [6.45, 7) is 0.741. The smallest absolute Gasteiger partial charge is 0.448 e. The maximum absolute atomic E-state index is 12.6. The molecule has 12 heavy (non-hydrogen) atoms. The Balaban J connectivity index is 4.75. The molecule has 0 saturated carbocycles. The standard InChI is InChI=1S/C5H7F4NO2/c1-2-10-4(6,3(11)12)5(7,8)9/h10H,2H2,1H3,(H,11,12)/t4-/m1/s1. The first kappa shape index (κ1) is 11.2. The first-order chi connectivity index (χ1) is 5.25. The number of halogens is 4. The van der Waals surface area contributed by atoms with Crippen LogP contribution in [0.5, 0.6) is 0 Å². The number of carbonyl (C=O) groups is 1. The van der Waals surface area contributed by atoms with E-state index >= 15 is 0 Å². The average Bonchev–Trinajstić information content (AvgIpc) is 1.85. The van der Waals surface area contributed by atoms with Crippen LogP contribution in [0.3, 0.4) is 0 Å². The van der Waals surface area contributed by atoms with Gasteiger partial charge in [-0.1, -0.05) is 6.92 Å². The number of carboxylic acid groups (broad SMARTS) is 1. The van der Waals surface area contributed by atoms with Crippen molar-refractivity contribution in [3.8, 4) is 0 Å². The number of hydrogen-bond donors (Lipinski definition) is 2. The van der Waals surface area contributed by atoms with Gasteiger partial charge in [-0.3, -0.25) is 5.32 Å². The molecule has 2 N–H and O–H groups in total. The summed E-state index contributed by atoms with van der Waals surface area (Å²) in [5.41, 5.74) is 0. The van der Waals surface area contributed by atoms with Gasteiger partial charge in [0.15, 0.2) is 0 Å². The lowest BCUT2D eigenvalue weighted by Gasteiger charge is -2.23. The second-order valence-electron chi connectivity index (χ2n) is 1.99. The van der Waals surface area contributed by atoms with Crippen LogP contribution in [0.25, 0.3) is 0 Å². The molecule has 0 heterocycles. The van der Waals surface area contributed by atoms with Gasteiger partial charge in [0.1, 0.15) is 0 Å². The highest BCUT2D eigenvalue weighted by Gasteiger charge is 2.62. The zero-order valence-corrected chi connectivity index (χ0v) is 6.07. The topological polar surface area (TPSA) is 49.3 Å². The number of carboxylic acids is 1. The predicted octanol–water partition coefficient (Wildman–Crippen LogP) is 0.909. The van der Waals surface area contributed by atoms with Crippen molar-refractivity contribution in [2.75, 3.05) is 6.54 Å². The molecule has 1 atom stereocenters. The third-order valence-corrected chi connectivity index (χ3v) is 1.11. The van der Waals surface area contributed by atoms with E-state index in [4.69, 9.17) is 5.11 Å². The van der Waals surface area contributed by atoms with E-state index in [1.54, 1.807) is 0 Å². The van der Waals surface area contributed by atoms with E-state index < -0.39 is 24.5 Å². The third kappa shape index (κ3) is 1.84. The second kappa shape index (κ2) is 3.26. The quantitative estimate of drug-likeness (QED) is 0.512. The second-order valence-corrected chi connectivity index (χ2v) is 1.99. The van der Waals surface area contributed by atoms with Gasteiger partial charge in [0.05, 0.1) is 0 Å². The van der Waals surface area contributed by atoms with E-state index in [0.717, 1.165) is 0 Å². The molecule has 0 saturated heterocycles. The molecule has 0 fully saturated rings. The van der Waals surface area contributed by atoms with Gasteiger partial charge in [0.2, 0.25) is 0 Å². The van der Waals surface area contributed by atoms with Crippen molar-refractivity contribution in [1.82, 2.24) is 5.32 Å². The van der Waals surface area contributed by atoms with Gasteiger partial charge in [-0.25, -0.2) is 9.18 Å². The molecule has 0 radical (unpaired) electrons. The number of nitrogens with one attached hydrogen (secondary N) is 1. The van der Waals surface area contributed by atoms with Crippen molar-refractivity contribution in [3.63, 3.8) is 0 Å². The zero-order valence-electron chi connectivity index (χ0n) is 6.07. The Bertz CT molecular complexity index is 181. The van der Waals surface area contributed by atoms with Crippen molar-refractivity contribution in [3.05, 3.63) is 0 Å². The molecule has 0 rings (SSSR count). The number of hydrogen-bond acceptors (Lipinski definition) is 2. The van der Waals surface area contributed by atoms with Crippen LogP contribution in [-0.4, -0.2) is 29.6 Å². The normalized spacial score (nSPS) is 17.1. The molecule has 3 nitrogen and oxygen atoms in total. The summed E-state index contributed by atoms with van der Waals surface area (Å²) in [5, 5.41) is 9.15. The highest BCUT2D eigenvalue weighted by Crippen LogP contribution is 2.31. The Labute approximate surface area is 65.4 Å². The molecule has 0 aromatic heterocycles. The largest absolute Gasteiger partial charge is 0.478 e. The summed E-state index contributed by atoms with van der Waals surface area (Å²) in [7, 11) is 0. The molecule has 0 bridgehead atoms. The van der Waals surface area contributed by atoms with Crippen molar-refractivity contribution in [1.29, 1.82) is 0 Å². The fraction of sp³-hybridized carbons (Fsp3) is 0.800. The van der Waals surface area contributed by atoms with Crippen LogP contribution in [0, 0.1) is 0 Å². The van der Waals surface area contributed by atoms with Gasteiger partial charge in [0.25, 0.3) is 0 Å². The number of likely N-dealkylation sites (N-methyl/N-ethyl adjacent to an activating group) is 1. The minimum absolute atomic E-state index is 0.428. The molecule has 7 heteroatoms. The van der Waals surface area contributed by atoms with Crippen LogP contribution in [0.1, 0.15) is 6.92 Å². The van der Waals surface area contributed by atoms with Gasteiger partial charge >= 0.3 is 17.9 Å². The summed E-state index contributed by atoms with van der Waals surface area (Å²) < 4.78 is 47.8. The van der Waals surface area contributed by atoms with E-state index in [0.29, 0.717) is 0 Å². The molecule has 0 spiro atoms. The van der Waals surface area contributed by atoms with Crippen LogP contribution in [-0.2, 0) is 4.79 Å². The molecule has 72 valence electrons. The molecule has 0 aromatic carbocycles. The maximum Gasteiger partial charge on any atom is 0.448 e. The Kier molecular flexibility index (Phi) is 3.03. The Morgan fingerprint density at radius 3 is 1.92 bits per heavy atom. The van der Waals surface area contributed by atoms with Crippen LogP contribution < -0.4 is 5.32 Å². The van der Waals surface area contributed by atoms with Crippen LogP contribution in [0.4, 0.5) is 17.6 Å². The average molecular weight is 189 g/mol. The SMILES string of the molecule is CCN[C@](F)(C(=O)O)C(F)(F)F. The number of aliphatic carboxylic acids is 1. The zero-order chi connectivity index (χ0) is 9.99. The first-order valence-electron chi connectivity index (χ1n) is 2.99. The van der Waals surface area contributed by atoms with Crippen molar-refractivity contribution in [2.24, 2.45) is 0 Å². The van der Waals surface area contributed by atoms with Gasteiger partial charge < -0.3 is 5.11 Å². The highest BCUT2D eigenvalue weighted by atomic mass is 19.4. The maximum atomic E-state index is 12.6. The summed E-state index contributed by atoms with van der Waals surface area (Å²) in [6, 6.07) is 0. The van der Waals surface area contributed by atoms with Crippen LogP contribution >= 0.6 is 0 Å². The lowest BCUT2D eigenvalue weighted by Crippen LogP contribution is -2.58. The monoisotopic (exact) mass is 189 g/mol. The molecule has 0 aliphatic rings. The van der Waals surface area contributed by atoms with Crippen LogP contribution in [0.15, 0.2) is 0 Å². The van der Waals surface area contributed by atoms with E-state index in [1.807, 2.05) is 0 Å². The summed E-state index contributed by atoms with van der Waals surface area (Å²) in [4.78, 5) is 9.90. The van der Waals surface area contributed by atoms with E-state index in [2.05, 4.69) is 0 Å². The van der Waals surface area contributed by atoms with Gasteiger partial charge in [-0.2, -0.15) is 13.2 Å². The minimum atomic E-state index is -5.45. The van der Waals surface area contributed by atoms with E-state index in [-0.39, 0.29) is 0 Å². The van der Waals surface area contributed by atoms with Gasteiger partial charge in [-0.05, 0) is 6.54 Å². The lowest BCUT2D eigenvalue weighted by atomic mass is 10.2. The molecule has 0 aromatic rings. The fourth-order valence-corrected chi connectivity index (χ4v) is 0.541. The lowest BCUT2D eigenvalue weighted by molar-refractivity contribution is -0.245. The van der Waals surface area contributed by atoms with Gasteiger partial charge in [0, 0.05) is 0 Å². The Morgan fingerprint density at radius 2 is 1.83 bits per heavy atom. The number of rotatable bonds is 3. The highest BCUT2D eigenvalue weighted by molar-refractivity contribution is 5.77. The molecule has 0 aliphatic heterocycles. The molecule has 0 aliphatic carbocycles. The fourth-order valence-electron chi connectivity index (χ4n) is 0.541. The summed E-state index contributed by atoms with van der Waals surface area (Å²) in [5.74, 6) is -6.93. The predicted molar refractivity (Wildman–Crippen MR) is 31.2 cm³/mol. The van der Waals surface area contributed by atoms with Crippen molar-refractivity contribution in [2.45, 2.75) is 18.9 Å². The minimum Gasteiger partial charge on any atom is -0.478 e.